The van der Waals surface area contributed by atoms with Gasteiger partial charge in [-0.1, -0.05) is 25.0 Å². The highest BCUT2D eigenvalue weighted by Crippen LogP contribution is 2.32. The Hall–Kier alpha value is -2.47. The molecule has 0 bridgehead atoms. The summed E-state index contributed by atoms with van der Waals surface area (Å²) in [4.78, 5) is 23.9. The number of hydrogen-bond donors (Lipinski definition) is 0. The van der Waals surface area contributed by atoms with Gasteiger partial charge in [0.1, 0.15) is 11.9 Å². The van der Waals surface area contributed by atoms with Crippen LogP contribution < -0.4 is 4.74 Å². The fraction of sp³-hybridized carbons (Fsp3) is 0.476. The third-order valence-electron chi connectivity index (χ3n) is 5.46. The first kappa shape index (κ1) is 17.9. The molecular weight excluding hydrogens is 342 g/mol. The molecule has 0 N–H and O–H groups in total. The fourth-order valence-electron chi connectivity index (χ4n) is 4.02. The van der Waals surface area contributed by atoms with Crippen LogP contribution in [-0.4, -0.2) is 47.6 Å². The molecule has 27 heavy (non-hydrogen) atoms. The number of nitrogens with zero attached hydrogens (tertiary/aromatic N) is 3. The summed E-state index contributed by atoms with van der Waals surface area (Å²) in [6.45, 7) is 1.71. The van der Waals surface area contributed by atoms with Gasteiger partial charge in [-0.15, -0.1) is 0 Å². The van der Waals surface area contributed by atoms with Gasteiger partial charge in [0, 0.05) is 30.4 Å². The molecule has 2 aliphatic rings. The largest absolute Gasteiger partial charge is 0.497 e. The van der Waals surface area contributed by atoms with Gasteiger partial charge < -0.3 is 14.4 Å². The van der Waals surface area contributed by atoms with Crippen LogP contribution in [0.15, 0.2) is 36.7 Å². The standard InChI is InChI=1S/C21H25N3O3/c1-26-17-8-4-7-16(13-17)19-20(23-10-9-22-19)18-14-24(11-12-27-18)21(25)15-5-2-3-6-15/h4,7-10,13,15,18H,2-3,5-6,11-12,14H2,1H3. The lowest BCUT2D eigenvalue weighted by molar-refractivity contribution is -0.143. The van der Waals surface area contributed by atoms with Crippen molar-refractivity contribution in [3.8, 4) is 17.0 Å². The number of amides is 1. The summed E-state index contributed by atoms with van der Waals surface area (Å²) in [5.41, 5.74) is 2.48. The van der Waals surface area contributed by atoms with Gasteiger partial charge in [0.05, 0.1) is 31.6 Å². The maximum absolute atomic E-state index is 12.8. The van der Waals surface area contributed by atoms with Crippen molar-refractivity contribution in [1.29, 1.82) is 0 Å². The molecule has 0 spiro atoms. The van der Waals surface area contributed by atoms with Crippen LogP contribution in [0.5, 0.6) is 5.75 Å². The predicted molar refractivity (Wildman–Crippen MR) is 101 cm³/mol. The summed E-state index contributed by atoms with van der Waals surface area (Å²) >= 11 is 0. The second-order valence-corrected chi connectivity index (χ2v) is 7.15. The van der Waals surface area contributed by atoms with Gasteiger partial charge in [0.2, 0.25) is 5.91 Å². The van der Waals surface area contributed by atoms with Crippen molar-refractivity contribution in [2.75, 3.05) is 26.8 Å². The second-order valence-electron chi connectivity index (χ2n) is 7.15. The monoisotopic (exact) mass is 367 g/mol. The van der Waals surface area contributed by atoms with Crippen LogP contribution in [0.1, 0.15) is 37.5 Å². The minimum Gasteiger partial charge on any atom is -0.497 e. The van der Waals surface area contributed by atoms with Crippen molar-refractivity contribution >= 4 is 5.91 Å². The Morgan fingerprint density at radius 2 is 2.04 bits per heavy atom. The minimum absolute atomic E-state index is 0.184. The van der Waals surface area contributed by atoms with Crippen LogP contribution in [0.3, 0.4) is 0 Å². The third kappa shape index (κ3) is 3.81. The number of hydrogen-bond acceptors (Lipinski definition) is 5. The quantitative estimate of drug-likeness (QED) is 0.830. The molecule has 1 unspecified atom stereocenters. The topological polar surface area (TPSA) is 64.6 Å². The Balaban J connectivity index is 1.58. The molecule has 1 saturated heterocycles. The Labute approximate surface area is 159 Å². The molecule has 142 valence electrons. The number of rotatable bonds is 4. The van der Waals surface area contributed by atoms with Gasteiger partial charge in [0.15, 0.2) is 0 Å². The lowest BCUT2D eigenvalue weighted by atomic mass is 10.0. The van der Waals surface area contributed by atoms with Crippen molar-refractivity contribution in [1.82, 2.24) is 14.9 Å². The molecule has 1 saturated carbocycles. The lowest BCUT2D eigenvalue weighted by Gasteiger charge is -2.34. The highest BCUT2D eigenvalue weighted by Gasteiger charge is 2.33. The number of aromatic nitrogens is 2. The van der Waals surface area contributed by atoms with E-state index < -0.39 is 0 Å². The van der Waals surface area contributed by atoms with Gasteiger partial charge in [-0.2, -0.15) is 0 Å². The Morgan fingerprint density at radius 3 is 2.85 bits per heavy atom. The average Bonchev–Trinajstić information content (AvgIpc) is 3.28. The minimum atomic E-state index is -0.265. The smallest absolute Gasteiger partial charge is 0.225 e. The summed E-state index contributed by atoms with van der Waals surface area (Å²) < 4.78 is 11.3. The summed E-state index contributed by atoms with van der Waals surface area (Å²) in [5, 5.41) is 0. The van der Waals surface area contributed by atoms with Gasteiger partial charge in [-0.05, 0) is 25.0 Å². The zero-order valence-electron chi connectivity index (χ0n) is 15.6. The van der Waals surface area contributed by atoms with E-state index in [4.69, 9.17) is 9.47 Å². The van der Waals surface area contributed by atoms with Crippen LogP contribution in [0.2, 0.25) is 0 Å². The SMILES string of the molecule is COc1cccc(-c2nccnc2C2CN(C(=O)C3CCCC3)CCO2)c1. The molecule has 1 aliphatic heterocycles. The van der Waals surface area contributed by atoms with Gasteiger partial charge in [-0.25, -0.2) is 0 Å². The molecule has 1 aliphatic carbocycles. The van der Waals surface area contributed by atoms with Gasteiger partial charge >= 0.3 is 0 Å². The van der Waals surface area contributed by atoms with E-state index in [1.165, 1.54) is 0 Å². The third-order valence-corrected chi connectivity index (χ3v) is 5.46. The zero-order valence-corrected chi connectivity index (χ0v) is 15.6. The van der Waals surface area contributed by atoms with E-state index >= 15 is 0 Å². The zero-order chi connectivity index (χ0) is 18.6. The maximum Gasteiger partial charge on any atom is 0.225 e. The lowest BCUT2D eigenvalue weighted by Crippen LogP contribution is -2.44. The van der Waals surface area contributed by atoms with Gasteiger partial charge in [-0.3, -0.25) is 14.8 Å². The summed E-state index contributed by atoms with van der Waals surface area (Å²) in [5.74, 6) is 1.22. The molecule has 1 atom stereocenters. The molecule has 6 heteroatoms. The average molecular weight is 367 g/mol. The fourth-order valence-corrected chi connectivity index (χ4v) is 4.02. The summed E-state index contributed by atoms with van der Waals surface area (Å²) in [6.07, 6.45) is 7.45. The number of morpholine rings is 1. The molecule has 2 aromatic rings. The van der Waals surface area contributed by atoms with E-state index in [0.29, 0.717) is 19.7 Å². The highest BCUT2D eigenvalue weighted by molar-refractivity contribution is 5.79. The van der Waals surface area contributed by atoms with Crippen molar-refractivity contribution in [3.63, 3.8) is 0 Å². The van der Waals surface area contributed by atoms with Crippen LogP contribution >= 0.6 is 0 Å². The van der Waals surface area contributed by atoms with E-state index in [1.807, 2.05) is 29.2 Å². The van der Waals surface area contributed by atoms with E-state index in [9.17, 15) is 4.79 Å². The first-order valence-corrected chi connectivity index (χ1v) is 9.62. The van der Waals surface area contributed by atoms with E-state index in [-0.39, 0.29) is 17.9 Å². The van der Waals surface area contributed by atoms with E-state index in [0.717, 1.165) is 48.4 Å². The Bertz CT molecular complexity index is 805. The molecule has 4 rings (SSSR count). The molecule has 2 heterocycles. The molecule has 0 radical (unpaired) electrons. The Morgan fingerprint density at radius 1 is 1.22 bits per heavy atom. The van der Waals surface area contributed by atoms with Crippen molar-refractivity contribution in [2.24, 2.45) is 5.92 Å². The first-order valence-electron chi connectivity index (χ1n) is 9.62. The number of benzene rings is 1. The van der Waals surface area contributed by atoms with Gasteiger partial charge in [0.25, 0.3) is 0 Å². The number of methoxy groups -OCH3 is 1. The predicted octanol–water partition coefficient (Wildman–Crippen LogP) is 3.24. The van der Waals surface area contributed by atoms with Crippen LogP contribution in [0.25, 0.3) is 11.3 Å². The van der Waals surface area contributed by atoms with Crippen molar-refractivity contribution < 1.29 is 14.3 Å². The second kappa shape index (κ2) is 8.05. The van der Waals surface area contributed by atoms with Crippen molar-refractivity contribution in [2.45, 2.75) is 31.8 Å². The molecule has 2 fully saturated rings. The summed E-state index contributed by atoms with van der Waals surface area (Å²) in [7, 11) is 1.65. The highest BCUT2D eigenvalue weighted by atomic mass is 16.5. The van der Waals surface area contributed by atoms with Crippen LogP contribution in [-0.2, 0) is 9.53 Å². The van der Waals surface area contributed by atoms with Crippen LogP contribution in [0, 0.1) is 5.92 Å². The molecule has 1 aromatic carbocycles. The molecule has 1 amide bonds. The molecular formula is C21H25N3O3. The maximum atomic E-state index is 12.8. The first-order chi connectivity index (χ1) is 13.3. The van der Waals surface area contributed by atoms with E-state index in [2.05, 4.69) is 9.97 Å². The summed E-state index contributed by atoms with van der Waals surface area (Å²) in [6, 6.07) is 7.76. The van der Waals surface area contributed by atoms with Crippen LogP contribution in [0.4, 0.5) is 0 Å². The number of carbonyl (C=O) groups excluding carboxylic acids is 1. The Kier molecular flexibility index (Phi) is 5.34. The number of carbonyl (C=O) groups is 1. The normalized spacial score (nSPS) is 20.6. The van der Waals surface area contributed by atoms with E-state index in [1.54, 1.807) is 19.5 Å². The molecule has 1 aromatic heterocycles. The molecule has 6 nitrogen and oxygen atoms in total. The van der Waals surface area contributed by atoms with Crippen molar-refractivity contribution in [3.05, 3.63) is 42.4 Å². The number of ether oxygens (including phenoxy) is 2.